The molecule has 3 aromatic rings. The predicted octanol–water partition coefficient (Wildman–Crippen LogP) is 1.60. The third kappa shape index (κ3) is 1.91. The van der Waals surface area contributed by atoms with Crippen LogP contribution in [0.5, 0.6) is 0 Å². The standard InChI is InChI=1S/C17H10FN3O3/c18-10-3-1-9-6-11(4-2-8(9)5-10)21-13(22)7-12-14(15(21)19)17(24)20-16(12)23/h1-7H,19H2,(H,20,23,24). The highest BCUT2D eigenvalue weighted by atomic mass is 19.1. The summed E-state index contributed by atoms with van der Waals surface area (Å²) in [7, 11) is 0. The van der Waals surface area contributed by atoms with Gasteiger partial charge in [0.15, 0.2) is 0 Å². The van der Waals surface area contributed by atoms with E-state index in [-0.39, 0.29) is 22.8 Å². The summed E-state index contributed by atoms with van der Waals surface area (Å²) in [5, 5.41) is 3.49. The molecule has 0 aliphatic carbocycles. The van der Waals surface area contributed by atoms with E-state index in [4.69, 9.17) is 5.73 Å². The summed E-state index contributed by atoms with van der Waals surface area (Å²) in [5.41, 5.74) is 5.83. The van der Waals surface area contributed by atoms with Crippen molar-refractivity contribution in [3.05, 3.63) is 69.8 Å². The molecule has 0 saturated heterocycles. The maximum absolute atomic E-state index is 13.3. The summed E-state index contributed by atoms with van der Waals surface area (Å²) in [6.45, 7) is 0. The van der Waals surface area contributed by atoms with Gasteiger partial charge in [0.2, 0.25) is 0 Å². The molecule has 0 unspecified atom stereocenters. The minimum atomic E-state index is -0.639. The molecule has 0 saturated carbocycles. The summed E-state index contributed by atoms with van der Waals surface area (Å²) in [6.07, 6.45) is 0. The molecule has 0 spiro atoms. The number of carbonyl (C=O) groups excluding carboxylic acids is 2. The van der Waals surface area contributed by atoms with Crippen molar-refractivity contribution in [3.8, 4) is 5.69 Å². The first-order valence-electron chi connectivity index (χ1n) is 7.06. The topological polar surface area (TPSA) is 94.2 Å². The molecule has 4 rings (SSSR count). The van der Waals surface area contributed by atoms with Crippen molar-refractivity contribution >= 4 is 28.4 Å². The Morgan fingerprint density at radius 1 is 0.917 bits per heavy atom. The van der Waals surface area contributed by atoms with Crippen LogP contribution in [0.3, 0.4) is 0 Å². The van der Waals surface area contributed by atoms with Crippen molar-refractivity contribution in [1.82, 2.24) is 9.88 Å². The van der Waals surface area contributed by atoms with Crippen LogP contribution in [0.1, 0.15) is 20.7 Å². The number of fused-ring (bicyclic) bond motifs is 2. The molecule has 2 heterocycles. The number of nitrogen functional groups attached to an aromatic ring is 1. The molecule has 118 valence electrons. The molecule has 0 fully saturated rings. The smallest absolute Gasteiger partial charge is 0.262 e. The van der Waals surface area contributed by atoms with Gasteiger partial charge < -0.3 is 5.73 Å². The first-order valence-corrected chi connectivity index (χ1v) is 7.06. The van der Waals surface area contributed by atoms with Crippen molar-refractivity contribution in [3.63, 3.8) is 0 Å². The van der Waals surface area contributed by atoms with E-state index in [1.807, 2.05) is 0 Å². The molecule has 7 heteroatoms. The highest BCUT2D eigenvalue weighted by Crippen LogP contribution is 2.25. The lowest BCUT2D eigenvalue weighted by molar-refractivity contribution is 0.0880. The first-order chi connectivity index (χ1) is 11.5. The van der Waals surface area contributed by atoms with Gasteiger partial charge in [-0.2, -0.15) is 0 Å². The monoisotopic (exact) mass is 323 g/mol. The van der Waals surface area contributed by atoms with Crippen LogP contribution >= 0.6 is 0 Å². The van der Waals surface area contributed by atoms with Gasteiger partial charge in [-0.25, -0.2) is 4.39 Å². The lowest BCUT2D eigenvalue weighted by atomic mass is 10.1. The number of carbonyl (C=O) groups is 2. The van der Waals surface area contributed by atoms with Crippen molar-refractivity contribution in [2.75, 3.05) is 5.73 Å². The van der Waals surface area contributed by atoms with Gasteiger partial charge >= 0.3 is 0 Å². The second-order valence-electron chi connectivity index (χ2n) is 5.45. The SMILES string of the molecule is Nc1c2c(cc(=O)n1-c1ccc3cc(F)ccc3c1)C(=O)NC2=O. The minimum Gasteiger partial charge on any atom is -0.384 e. The zero-order valence-corrected chi connectivity index (χ0v) is 12.2. The van der Waals surface area contributed by atoms with Crippen LogP contribution in [0.15, 0.2) is 47.3 Å². The Balaban J connectivity index is 1.99. The number of hydrogen-bond acceptors (Lipinski definition) is 4. The van der Waals surface area contributed by atoms with Gasteiger partial charge in [0, 0.05) is 6.07 Å². The fraction of sp³-hybridized carbons (Fsp3) is 0. The fourth-order valence-electron chi connectivity index (χ4n) is 2.89. The number of aromatic nitrogens is 1. The molecule has 24 heavy (non-hydrogen) atoms. The molecular formula is C17H10FN3O3. The van der Waals surface area contributed by atoms with Gasteiger partial charge in [-0.15, -0.1) is 0 Å². The lowest BCUT2D eigenvalue weighted by Gasteiger charge is -2.12. The van der Waals surface area contributed by atoms with E-state index in [0.717, 1.165) is 10.6 Å². The number of nitrogens with one attached hydrogen (secondary N) is 1. The number of amides is 2. The molecular weight excluding hydrogens is 313 g/mol. The normalized spacial score (nSPS) is 13.2. The van der Waals surface area contributed by atoms with Crippen LogP contribution in [-0.2, 0) is 0 Å². The van der Waals surface area contributed by atoms with E-state index in [1.54, 1.807) is 24.3 Å². The van der Waals surface area contributed by atoms with Crippen molar-refractivity contribution < 1.29 is 14.0 Å². The summed E-state index contributed by atoms with van der Waals surface area (Å²) < 4.78 is 14.4. The van der Waals surface area contributed by atoms with Crippen molar-refractivity contribution in [2.45, 2.75) is 0 Å². The highest BCUT2D eigenvalue weighted by molar-refractivity contribution is 6.23. The fourth-order valence-corrected chi connectivity index (χ4v) is 2.89. The summed E-state index contributed by atoms with van der Waals surface area (Å²) in [4.78, 5) is 35.9. The molecule has 2 amide bonds. The predicted molar refractivity (Wildman–Crippen MR) is 85.7 cm³/mol. The Morgan fingerprint density at radius 3 is 2.42 bits per heavy atom. The average molecular weight is 323 g/mol. The number of rotatable bonds is 1. The molecule has 2 aromatic carbocycles. The summed E-state index contributed by atoms with van der Waals surface area (Å²) in [6, 6.07) is 10.3. The second-order valence-corrected chi connectivity index (χ2v) is 5.45. The molecule has 0 atom stereocenters. The van der Waals surface area contributed by atoms with E-state index in [2.05, 4.69) is 5.32 Å². The van der Waals surface area contributed by atoms with Gasteiger partial charge in [0.05, 0.1) is 16.8 Å². The second kappa shape index (κ2) is 4.76. The molecule has 3 N–H and O–H groups in total. The van der Waals surface area contributed by atoms with E-state index in [9.17, 15) is 18.8 Å². The number of nitrogens with two attached hydrogens (primary N) is 1. The van der Waals surface area contributed by atoms with Gasteiger partial charge in [-0.05, 0) is 35.0 Å². The number of nitrogens with zero attached hydrogens (tertiary/aromatic N) is 1. The van der Waals surface area contributed by atoms with Crippen molar-refractivity contribution in [1.29, 1.82) is 0 Å². The number of halogens is 1. The van der Waals surface area contributed by atoms with Crippen LogP contribution in [-0.4, -0.2) is 16.4 Å². The number of anilines is 1. The third-order valence-corrected chi connectivity index (χ3v) is 4.00. The lowest BCUT2D eigenvalue weighted by Crippen LogP contribution is -2.24. The van der Waals surface area contributed by atoms with Crippen LogP contribution in [0.2, 0.25) is 0 Å². The molecule has 1 aliphatic rings. The largest absolute Gasteiger partial charge is 0.384 e. The number of hydrogen-bond donors (Lipinski definition) is 2. The maximum Gasteiger partial charge on any atom is 0.262 e. The first kappa shape index (κ1) is 14.1. The Hall–Kier alpha value is -3.48. The van der Waals surface area contributed by atoms with Crippen LogP contribution < -0.4 is 16.6 Å². The molecule has 1 aromatic heterocycles. The van der Waals surface area contributed by atoms with Crippen LogP contribution in [0.4, 0.5) is 10.2 Å². The zero-order chi connectivity index (χ0) is 17.0. The Labute approximate surface area is 134 Å². The van der Waals surface area contributed by atoms with Gasteiger partial charge in [-0.3, -0.25) is 24.3 Å². The average Bonchev–Trinajstić information content (AvgIpc) is 2.81. The number of imide groups is 1. The van der Waals surface area contributed by atoms with Gasteiger partial charge in [0.25, 0.3) is 17.4 Å². The number of pyridine rings is 1. The minimum absolute atomic E-state index is 0.0150. The summed E-state index contributed by atoms with van der Waals surface area (Å²) >= 11 is 0. The third-order valence-electron chi connectivity index (χ3n) is 4.00. The van der Waals surface area contributed by atoms with E-state index >= 15 is 0 Å². The number of benzene rings is 2. The Bertz CT molecular complexity index is 1120. The van der Waals surface area contributed by atoms with Crippen LogP contribution in [0.25, 0.3) is 16.5 Å². The Morgan fingerprint density at radius 2 is 1.62 bits per heavy atom. The molecule has 6 nitrogen and oxygen atoms in total. The van der Waals surface area contributed by atoms with Gasteiger partial charge in [0.1, 0.15) is 11.6 Å². The van der Waals surface area contributed by atoms with Gasteiger partial charge in [-0.1, -0.05) is 12.1 Å². The molecule has 0 bridgehead atoms. The van der Waals surface area contributed by atoms with Crippen LogP contribution in [0, 0.1) is 5.82 Å². The molecule has 0 radical (unpaired) electrons. The van der Waals surface area contributed by atoms with E-state index < -0.39 is 17.4 Å². The van der Waals surface area contributed by atoms with E-state index in [0.29, 0.717) is 16.5 Å². The zero-order valence-electron chi connectivity index (χ0n) is 12.2. The Kier molecular flexibility index (Phi) is 2.80. The maximum atomic E-state index is 13.3. The molecule has 1 aliphatic heterocycles. The van der Waals surface area contributed by atoms with Crippen molar-refractivity contribution in [2.24, 2.45) is 0 Å². The summed E-state index contributed by atoms with van der Waals surface area (Å²) in [5.74, 6) is -1.74. The quantitative estimate of drug-likeness (QED) is 0.665. The highest BCUT2D eigenvalue weighted by Gasteiger charge is 2.31. The van der Waals surface area contributed by atoms with E-state index in [1.165, 1.54) is 12.1 Å².